The van der Waals surface area contributed by atoms with Crippen molar-refractivity contribution in [1.82, 2.24) is 29.6 Å². The summed E-state index contributed by atoms with van der Waals surface area (Å²) in [6, 6.07) is 8.76. The number of hydrogen-bond donors (Lipinski definition) is 2. The number of pyridine rings is 1. The fraction of sp³-hybridized carbons (Fsp3) is 0.429. The van der Waals surface area contributed by atoms with Crippen LogP contribution in [0.2, 0.25) is 0 Å². The summed E-state index contributed by atoms with van der Waals surface area (Å²) in [5.74, 6) is 0.269. The fourth-order valence-corrected chi connectivity index (χ4v) is 5.02. The van der Waals surface area contributed by atoms with Crippen LogP contribution < -0.4 is 16.2 Å². The molecule has 4 aromatic rings. The Bertz CT molecular complexity index is 1620. The van der Waals surface area contributed by atoms with Gasteiger partial charge in [-0.15, -0.1) is 0 Å². The highest BCUT2D eigenvalue weighted by molar-refractivity contribution is 5.77. The molecular weight excluding hydrogens is 507 g/mol. The first-order chi connectivity index (χ1) is 18.2. The molecule has 1 aromatic carbocycles. The average Bonchev–Trinajstić information content (AvgIpc) is 3.15. The van der Waals surface area contributed by atoms with Gasteiger partial charge in [0, 0.05) is 42.6 Å². The lowest BCUT2D eigenvalue weighted by Gasteiger charge is -2.33. The smallest absolute Gasteiger partial charge is 0.324 e. The molecule has 0 amide bonds. The van der Waals surface area contributed by atoms with Gasteiger partial charge in [0.2, 0.25) is 5.95 Å². The summed E-state index contributed by atoms with van der Waals surface area (Å²) < 4.78 is 44.4. The normalized spacial score (nSPS) is 15.5. The molecule has 8 nitrogen and oxygen atoms in total. The molecule has 4 heterocycles. The molecule has 0 unspecified atom stereocenters. The molecule has 3 aromatic heterocycles. The Labute approximate surface area is 224 Å². The third-order valence-electron chi connectivity index (χ3n) is 7.42. The van der Waals surface area contributed by atoms with E-state index in [1.54, 1.807) is 10.7 Å². The molecule has 0 saturated heterocycles. The highest BCUT2D eigenvalue weighted by atomic mass is 19.4. The van der Waals surface area contributed by atoms with Crippen LogP contribution in [0, 0.1) is 0 Å². The maximum atomic E-state index is 13.8. The Morgan fingerprint density at radius 2 is 1.85 bits per heavy atom. The Hall–Kier alpha value is -3.73. The third kappa shape index (κ3) is 4.58. The van der Waals surface area contributed by atoms with Crippen molar-refractivity contribution in [2.75, 3.05) is 11.9 Å². The van der Waals surface area contributed by atoms with Crippen LogP contribution in [-0.2, 0) is 17.4 Å². The number of benzene rings is 1. The van der Waals surface area contributed by atoms with E-state index in [-0.39, 0.29) is 39.7 Å². The number of nitrogens with zero attached hydrogens (tertiary/aromatic N) is 5. The maximum absolute atomic E-state index is 13.8. The van der Waals surface area contributed by atoms with E-state index in [0.29, 0.717) is 5.69 Å². The van der Waals surface area contributed by atoms with Gasteiger partial charge < -0.3 is 10.6 Å². The number of nitrogens with one attached hydrogen (secondary N) is 2. The fourth-order valence-electron chi connectivity index (χ4n) is 5.02. The minimum atomic E-state index is -4.51. The van der Waals surface area contributed by atoms with Gasteiger partial charge in [-0.1, -0.05) is 19.9 Å². The summed E-state index contributed by atoms with van der Waals surface area (Å²) in [5.41, 5.74) is 1.23. The summed E-state index contributed by atoms with van der Waals surface area (Å²) >= 11 is 0. The van der Waals surface area contributed by atoms with E-state index in [1.807, 2.05) is 19.9 Å². The van der Waals surface area contributed by atoms with Crippen molar-refractivity contribution in [3.63, 3.8) is 0 Å². The van der Waals surface area contributed by atoms with E-state index in [1.165, 1.54) is 34.3 Å². The van der Waals surface area contributed by atoms with Gasteiger partial charge in [0.25, 0.3) is 5.56 Å². The second-order valence-electron chi connectivity index (χ2n) is 11.5. The molecule has 0 spiro atoms. The minimum absolute atomic E-state index is 0.0153. The van der Waals surface area contributed by atoms with Gasteiger partial charge in [-0.2, -0.15) is 18.2 Å². The molecule has 0 atom stereocenters. The summed E-state index contributed by atoms with van der Waals surface area (Å²) in [6.07, 6.45) is -1.73. The van der Waals surface area contributed by atoms with E-state index < -0.39 is 11.6 Å². The van der Waals surface area contributed by atoms with Crippen molar-refractivity contribution in [2.24, 2.45) is 0 Å². The second kappa shape index (κ2) is 9.18. The van der Waals surface area contributed by atoms with Crippen molar-refractivity contribution < 1.29 is 13.2 Å². The maximum Gasteiger partial charge on any atom is 0.399 e. The zero-order valence-electron chi connectivity index (χ0n) is 22.8. The number of fused-ring (bicyclic) bond motifs is 2. The number of rotatable bonds is 5. The molecule has 206 valence electrons. The molecule has 0 bridgehead atoms. The molecule has 5 rings (SSSR count). The van der Waals surface area contributed by atoms with Gasteiger partial charge in [-0.05, 0) is 63.1 Å². The van der Waals surface area contributed by atoms with Crippen molar-refractivity contribution in [3.05, 3.63) is 69.9 Å². The molecular formula is C28H32F3N7O. The predicted molar refractivity (Wildman–Crippen MR) is 145 cm³/mol. The number of aromatic nitrogens is 5. The second-order valence-corrected chi connectivity index (χ2v) is 11.5. The first kappa shape index (κ1) is 26.9. The SMILES string of the molecule is CC(C)n1c(=O)c2cnc(Nc3ccc4c(c3)CNCC4(C)C)nc2n1-c1ccnc(C(C)(C)C(F)(F)F)c1. The Balaban J connectivity index is 1.62. The van der Waals surface area contributed by atoms with Crippen LogP contribution in [0.3, 0.4) is 0 Å². The molecule has 0 saturated carbocycles. The topological polar surface area (TPSA) is 89.7 Å². The lowest BCUT2D eigenvalue weighted by Crippen LogP contribution is -2.38. The van der Waals surface area contributed by atoms with Crippen molar-refractivity contribution in [2.45, 2.75) is 71.1 Å². The molecule has 0 radical (unpaired) electrons. The standard InChI is InChI=1S/C28H32F3N7O/c1-16(2)37-24(39)20-14-34-25(35-18-7-8-21-17(11-18)13-32-15-26(21,3)4)36-23(20)38(37)19-9-10-33-22(12-19)27(5,6)28(29,30)31/h7-12,14,16,32H,13,15H2,1-6H3,(H,34,35,36). The highest BCUT2D eigenvalue weighted by Crippen LogP contribution is 2.40. The van der Waals surface area contributed by atoms with Crippen LogP contribution in [0.25, 0.3) is 16.7 Å². The van der Waals surface area contributed by atoms with E-state index in [0.717, 1.165) is 32.6 Å². The van der Waals surface area contributed by atoms with E-state index in [2.05, 4.69) is 51.6 Å². The van der Waals surface area contributed by atoms with Crippen molar-refractivity contribution in [1.29, 1.82) is 0 Å². The van der Waals surface area contributed by atoms with E-state index in [4.69, 9.17) is 0 Å². The van der Waals surface area contributed by atoms with Gasteiger partial charge in [0.05, 0.1) is 11.4 Å². The molecule has 39 heavy (non-hydrogen) atoms. The zero-order chi connectivity index (χ0) is 28.3. The lowest BCUT2D eigenvalue weighted by atomic mass is 9.79. The number of alkyl halides is 3. The molecule has 11 heteroatoms. The highest BCUT2D eigenvalue weighted by Gasteiger charge is 2.49. The summed E-state index contributed by atoms with van der Waals surface area (Å²) in [5, 5.41) is 6.93. The molecule has 2 N–H and O–H groups in total. The van der Waals surface area contributed by atoms with Gasteiger partial charge in [0.15, 0.2) is 5.65 Å². The van der Waals surface area contributed by atoms with Crippen LogP contribution in [-0.4, -0.2) is 37.0 Å². The Morgan fingerprint density at radius 3 is 2.54 bits per heavy atom. The predicted octanol–water partition coefficient (Wildman–Crippen LogP) is 5.52. The first-order valence-corrected chi connectivity index (χ1v) is 12.9. The van der Waals surface area contributed by atoms with Crippen LogP contribution in [0.1, 0.15) is 64.4 Å². The van der Waals surface area contributed by atoms with E-state index >= 15 is 0 Å². The van der Waals surface area contributed by atoms with Gasteiger partial charge in [-0.3, -0.25) is 9.78 Å². The van der Waals surface area contributed by atoms with Crippen LogP contribution in [0.4, 0.5) is 24.8 Å². The van der Waals surface area contributed by atoms with Gasteiger partial charge in [0.1, 0.15) is 10.8 Å². The Morgan fingerprint density at radius 1 is 1.10 bits per heavy atom. The van der Waals surface area contributed by atoms with Crippen LogP contribution >= 0.6 is 0 Å². The largest absolute Gasteiger partial charge is 0.399 e. The summed E-state index contributed by atoms with van der Waals surface area (Å²) in [7, 11) is 0. The van der Waals surface area contributed by atoms with Crippen molar-refractivity contribution in [3.8, 4) is 5.69 Å². The quantitative estimate of drug-likeness (QED) is 0.347. The lowest BCUT2D eigenvalue weighted by molar-refractivity contribution is -0.181. The third-order valence-corrected chi connectivity index (χ3v) is 7.42. The summed E-state index contributed by atoms with van der Waals surface area (Å²) in [6.45, 7) is 11.9. The minimum Gasteiger partial charge on any atom is -0.324 e. The average molecular weight is 540 g/mol. The van der Waals surface area contributed by atoms with E-state index in [9.17, 15) is 18.0 Å². The summed E-state index contributed by atoms with van der Waals surface area (Å²) in [4.78, 5) is 26.4. The molecule has 0 aliphatic carbocycles. The van der Waals surface area contributed by atoms with Crippen molar-refractivity contribution >= 4 is 22.7 Å². The zero-order valence-corrected chi connectivity index (χ0v) is 22.8. The monoisotopic (exact) mass is 539 g/mol. The number of halogens is 3. The molecule has 0 fully saturated rings. The van der Waals surface area contributed by atoms with Gasteiger partial charge in [-0.25, -0.2) is 14.3 Å². The number of hydrogen-bond acceptors (Lipinski definition) is 6. The Kier molecular flexibility index (Phi) is 6.32. The first-order valence-electron chi connectivity index (χ1n) is 12.9. The molecule has 1 aliphatic rings. The molecule has 1 aliphatic heterocycles. The van der Waals surface area contributed by atoms with Crippen LogP contribution in [0.15, 0.2) is 47.5 Å². The van der Waals surface area contributed by atoms with Crippen LogP contribution in [0.5, 0.6) is 0 Å². The number of anilines is 2. The van der Waals surface area contributed by atoms with Gasteiger partial charge >= 0.3 is 6.18 Å².